The molecule has 9 N–H and O–H groups in total. The van der Waals surface area contributed by atoms with Crippen LogP contribution < -0.4 is 28.3 Å². The van der Waals surface area contributed by atoms with Gasteiger partial charge in [0.05, 0.1) is 17.9 Å². The van der Waals surface area contributed by atoms with Crippen molar-refractivity contribution in [2.45, 2.75) is 38.2 Å². The quantitative estimate of drug-likeness (QED) is 0.428. The molecule has 1 aliphatic heterocycles. The van der Waals surface area contributed by atoms with Gasteiger partial charge in [0, 0.05) is 12.6 Å². The Morgan fingerprint density at radius 3 is 2.65 bits per heavy atom. The second kappa shape index (κ2) is 10.2. The Hall–Kier alpha value is -3.20. The molecule has 0 atom stereocenters. The maximum atomic E-state index is 13.3. The first-order chi connectivity index (χ1) is 14.8. The number of piperidine rings is 1. The number of rotatable bonds is 7. The molecule has 1 saturated heterocycles. The summed E-state index contributed by atoms with van der Waals surface area (Å²) in [4.78, 5) is 8.24. The minimum atomic E-state index is -2.82. The summed E-state index contributed by atoms with van der Waals surface area (Å²) in [5, 5.41) is 3.37. The third kappa shape index (κ3) is 5.91. The number of nitrogens with zero attached hydrogens (tertiary/aromatic N) is 2. The van der Waals surface area contributed by atoms with Gasteiger partial charge in [0.2, 0.25) is 0 Å². The molecule has 1 fully saturated rings. The van der Waals surface area contributed by atoms with Crippen LogP contribution in [-0.2, 0) is 13.0 Å². The van der Waals surface area contributed by atoms with Crippen LogP contribution in [0.4, 0.5) is 26.1 Å². The smallest absolute Gasteiger partial charge is 0.278 e. The van der Waals surface area contributed by atoms with Crippen molar-refractivity contribution in [2.24, 2.45) is 10.7 Å². The van der Waals surface area contributed by atoms with Crippen LogP contribution >= 0.6 is 0 Å². The average molecular weight is 430 g/mol. The summed E-state index contributed by atoms with van der Waals surface area (Å²) in [5.74, 6) is 0.737. The van der Waals surface area contributed by atoms with Gasteiger partial charge in [0.15, 0.2) is 0 Å². The predicted octanol–water partition coefficient (Wildman–Crippen LogP) is 2.59. The molecule has 9 heteroatoms. The number of pyridine rings is 1. The van der Waals surface area contributed by atoms with Crippen molar-refractivity contribution in [1.82, 2.24) is 10.3 Å². The second-order valence-corrected chi connectivity index (χ2v) is 7.70. The molecular weight excluding hydrogens is 400 g/mol. The predicted molar refractivity (Wildman–Crippen MR) is 122 cm³/mol. The number of hydrogen-bond acceptors (Lipinski definition) is 7. The third-order valence-corrected chi connectivity index (χ3v) is 5.46. The number of aromatic nitrogens is 1. The molecular formula is C22H29F2N7. The largest absolute Gasteiger partial charge is 0.397 e. The first-order valence-corrected chi connectivity index (χ1v) is 10.2. The maximum Gasteiger partial charge on any atom is 0.278 e. The number of aliphatic imine (C=N–C) groups is 1. The van der Waals surface area contributed by atoms with Crippen molar-refractivity contribution in [3.63, 3.8) is 0 Å². The van der Waals surface area contributed by atoms with Crippen LogP contribution in [0.1, 0.15) is 35.4 Å². The van der Waals surface area contributed by atoms with E-state index in [0.717, 1.165) is 31.5 Å². The fourth-order valence-corrected chi connectivity index (χ4v) is 3.73. The lowest BCUT2D eigenvalue weighted by Gasteiger charge is -2.23. The Balaban J connectivity index is 1.77. The van der Waals surface area contributed by atoms with Gasteiger partial charge < -0.3 is 28.3 Å². The van der Waals surface area contributed by atoms with Gasteiger partial charge >= 0.3 is 0 Å². The van der Waals surface area contributed by atoms with E-state index >= 15 is 0 Å². The summed E-state index contributed by atoms with van der Waals surface area (Å²) in [6, 6.07) is 9.75. The molecule has 0 amide bonds. The number of anilines is 3. The van der Waals surface area contributed by atoms with E-state index in [1.807, 2.05) is 12.1 Å². The zero-order chi connectivity index (χ0) is 22.4. The third-order valence-electron chi connectivity index (χ3n) is 5.46. The van der Waals surface area contributed by atoms with Crippen LogP contribution in [0.3, 0.4) is 0 Å². The molecule has 0 bridgehead atoms. The Labute approximate surface area is 180 Å². The van der Waals surface area contributed by atoms with Crippen molar-refractivity contribution in [3.8, 4) is 0 Å². The summed E-state index contributed by atoms with van der Waals surface area (Å²) in [6.07, 6.45) is 0.791. The average Bonchev–Trinajstić information content (AvgIpc) is 2.76. The van der Waals surface area contributed by atoms with E-state index in [1.165, 1.54) is 17.8 Å². The Kier molecular flexibility index (Phi) is 7.41. The number of hydrogen-bond donors (Lipinski definition) is 5. The molecule has 0 radical (unpaired) electrons. The number of benzene rings is 1. The highest BCUT2D eigenvalue weighted by Gasteiger charge is 2.16. The minimum absolute atomic E-state index is 0.0253. The highest BCUT2D eigenvalue weighted by atomic mass is 19.3. The molecule has 1 aliphatic rings. The van der Waals surface area contributed by atoms with E-state index in [-0.39, 0.29) is 29.3 Å². The Morgan fingerprint density at radius 1 is 1.19 bits per heavy atom. The number of allylic oxidation sites excluding steroid dienone is 2. The topological polar surface area (TPSA) is 141 Å². The molecule has 2 heterocycles. The minimum Gasteiger partial charge on any atom is -0.397 e. The summed E-state index contributed by atoms with van der Waals surface area (Å²) in [6.45, 7) is 2.39. The molecule has 7 nitrogen and oxygen atoms in total. The SMILES string of the molecule is NC(=C(C=NCc1cccc(C2CCNCC2)c1)Cc1cc(N)nc(N)c1N)C(F)F. The number of nitrogens with one attached hydrogen (secondary N) is 1. The number of alkyl halides is 2. The molecule has 166 valence electrons. The first kappa shape index (κ1) is 22.5. The van der Waals surface area contributed by atoms with Crippen LogP contribution in [0, 0.1) is 0 Å². The van der Waals surface area contributed by atoms with Gasteiger partial charge in [-0.3, -0.25) is 4.99 Å². The van der Waals surface area contributed by atoms with Crippen LogP contribution in [0.2, 0.25) is 0 Å². The number of nitrogen functional groups attached to an aromatic ring is 3. The van der Waals surface area contributed by atoms with Crippen LogP contribution in [0.5, 0.6) is 0 Å². The summed E-state index contributed by atoms with van der Waals surface area (Å²) < 4.78 is 26.6. The number of halogens is 2. The van der Waals surface area contributed by atoms with Gasteiger partial charge in [-0.2, -0.15) is 0 Å². The zero-order valence-electron chi connectivity index (χ0n) is 17.3. The van der Waals surface area contributed by atoms with Crippen molar-refractivity contribution < 1.29 is 8.78 Å². The summed E-state index contributed by atoms with van der Waals surface area (Å²) >= 11 is 0. The van der Waals surface area contributed by atoms with E-state index in [4.69, 9.17) is 22.9 Å². The fourth-order valence-electron chi connectivity index (χ4n) is 3.73. The molecule has 0 spiro atoms. The zero-order valence-corrected chi connectivity index (χ0v) is 17.3. The van der Waals surface area contributed by atoms with Gasteiger partial charge in [-0.05, 0) is 60.2 Å². The van der Waals surface area contributed by atoms with Crippen LogP contribution in [0.15, 0.2) is 46.6 Å². The Morgan fingerprint density at radius 2 is 1.94 bits per heavy atom. The van der Waals surface area contributed by atoms with E-state index in [1.54, 1.807) is 0 Å². The van der Waals surface area contributed by atoms with Gasteiger partial charge in [-0.25, -0.2) is 13.8 Å². The molecule has 31 heavy (non-hydrogen) atoms. The molecule has 2 aromatic rings. The maximum absolute atomic E-state index is 13.3. The Bertz CT molecular complexity index is 966. The normalized spacial score (nSPS) is 16.1. The molecule has 0 aliphatic carbocycles. The van der Waals surface area contributed by atoms with Gasteiger partial charge in [-0.15, -0.1) is 0 Å². The molecule has 0 saturated carbocycles. The lowest BCUT2D eigenvalue weighted by Crippen LogP contribution is -2.26. The van der Waals surface area contributed by atoms with Crippen LogP contribution in [0.25, 0.3) is 0 Å². The molecule has 0 unspecified atom stereocenters. The molecule has 3 rings (SSSR count). The van der Waals surface area contributed by atoms with Crippen molar-refractivity contribution in [1.29, 1.82) is 0 Å². The van der Waals surface area contributed by atoms with Crippen LogP contribution in [-0.4, -0.2) is 30.7 Å². The van der Waals surface area contributed by atoms with E-state index < -0.39 is 12.1 Å². The summed E-state index contributed by atoms with van der Waals surface area (Å²) in [7, 11) is 0. The highest BCUT2D eigenvalue weighted by Crippen LogP contribution is 2.26. The van der Waals surface area contributed by atoms with Gasteiger partial charge in [-0.1, -0.05) is 24.3 Å². The summed E-state index contributed by atoms with van der Waals surface area (Å²) in [5.41, 5.74) is 25.6. The van der Waals surface area contributed by atoms with E-state index in [0.29, 0.717) is 18.0 Å². The molecule has 1 aromatic carbocycles. The van der Waals surface area contributed by atoms with Crippen molar-refractivity contribution in [2.75, 3.05) is 30.3 Å². The first-order valence-electron chi connectivity index (χ1n) is 10.2. The van der Waals surface area contributed by atoms with Gasteiger partial charge in [0.1, 0.15) is 11.6 Å². The molecule has 1 aromatic heterocycles. The van der Waals surface area contributed by atoms with E-state index in [2.05, 4.69) is 27.4 Å². The van der Waals surface area contributed by atoms with Gasteiger partial charge in [0.25, 0.3) is 6.43 Å². The van der Waals surface area contributed by atoms with E-state index in [9.17, 15) is 8.78 Å². The number of nitrogens with two attached hydrogens (primary N) is 4. The van der Waals surface area contributed by atoms with Crippen molar-refractivity contribution in [3.05, 3.63) is 58.3 Å². The second-order valence-electron chi connectivity index (χ2n) is 7.70. The van der Waals surface area contributed by atoms with Crippen molar-refractivity contribution >= 4 is 23.5 Å². The standard InChI is InChI=1S/C22H29F2N7/c23-21(24)19(26)17(9-16-10-18(25)31-22(28)20(16)27)12-30-11-13-2-1-3-15(8-13)14-4-6-29-7-5-14/h1-3,8,10,12,14,21,29H,4-7,9,11,26-27H2,(H4,25,28,31). The highest BCUT2D eigenvalue weighted by molar-refractivity contribution is 5.81. The lowest BCUT2D eigenvalue weighted by atomic mass is 9.89. The monoisotopic (exact) mass is 429 g/mol. The lowest BCUT2D eigenvalue weighted by molar-refractivity contribution is 0.187. The fraction of sp³-hybridized carbons (Fsp3) is 0.364.